The van der Waals surface area contributed by atoms with E-state index >= 15 is 0 Å². The Morgan fingerprint density at radius 1 is 0.733 bits per heavy atom. The molecule has 0 aliphatic carbocycles. The van der Waals surface area contributed by atoms with Crippen molar-refractivity contribution in [3.8, 4) is 0 Å². The van der Waals surface area contributed by atoms with Gasteiger partial charge in [-0.15, -0.1) is 0 Å². The summed E-state index contributed by atoms with van der Waals surface area (Å²) in [6, 6.07) is 0. The van der Waals surface area contributed by atoms with Gasteiger partial charge in [-0.3, -0.25) is 9.59 Å². The van der Waals surface area contributed by atoms with Gasteiger partial charge in [-0.25, -0.2) is 0 Å². The lowest BCUT2D eigenvalue weighted by Gasteiger charge is -2.25. The lowest BCUT2D eigenvalue weighted by Crippen LogP contribution is -2.63. The minimum Gasteiger partial charge on any atom is -0.351 e. The number of hydrogen-bond donors (Lipinski definition) is 3. The fourth-order valence-corrected chi connectivity index (χ4v) is 2.76. The Morgan fingerprint density at radius 3 is 1.40 bits per heavy atom. The highest BCUT2D eigenvalue weighted by Crippen LogP contribution is 2.09. The monoisotopic (exact) mass is 417 g/mol. The van der Waals surface area contributed by atoms with Crippen LogP contribution in [0.2, 0.25) is 0 Å². The molecule has 5 heteroatoms. The Morgan fingerprint density at radius 2 is 1.10 bits per heavy atom. The van der Waals surface area contributed by atoms with E-state index < -0.39 is 17.4 Å². The van der Waals surface area contributed by atoms with Crippen LogP contribution in [-0.2, 0) is 9.59 Å². The summed E-state index contributed by atoms with van der Waals surface area (Å²) in [7, 11) is 0. The van der Waals surface area contributed by atoms with Crippen LogP contribution < -0.4 is 16.4 Å². The summed E-state index contributed by atoms with van der Waals surface area (Å²) in [6.07, 6.45) is 12.4. The number of carbonyl (C=O) groups is 2. The Bertz CT molecular complexity index is 623. The van der Waals surface area contributed by atoms with E-state index in [-0.39, 0.29) is 6.42 Å². The highest BCUT2D eigenvalue weighted by atomic mass is 16.2. The van der Waals surface area contributed by atoms with E-state index in [1.807, 2.05) is 26.0 Å². The van der Waals surface area contributed by atoms with Gasteiger partial charge in [-0.1, -0.05) is 53.5 Å². The molecule has 0 unspecified atom stereocenters. The number of hydrogen-bond acceptors (Lipinski definition) is 3. The van der Waals surface area contributed by atoms with Gasteiger partial charge in [0.1, 0.15) is 0 Å². The molecule has 0 aromatic rings. The van der Waals surface area contributed by atoms with Crippen molar-refractivity contribution in [2.24, 2.45) is 5.73 Å². The highest BCUT2D eigenvalue weighted by Gasteiger charge is 2.39. The molecule has 0 radical (unpaired) electrons. The van der Waals surface area contributed by atoms with Crippen molar-refractivity contribution in [1.29, 1.82) is 0 Å². The Labute approximate surface area is 184 Å². The number of rotatable bonds is 13. The van der Waals surface area contributed by atoms with Crippen LogP contribution >= 0.6 is 0 Å². The summed E-state index contributed by atoms with van der Waals surface area (Å²) in [5, 5.41) is 5.57. The molecule has 30 heavy (non-hydrogen) atoms. The zero-order valence-electron chi connectivity index (χ0n) is 20.2. The van der Waals surface area contributed by atoms with E-state index in [0.29, 0.717) is 13.1 Å². The molecule has 0 aromatic carbocycles. The van der Waals surface area contributed by atoms with E-state index in [1.54, 1.807) is 6.92 Å². The van der Waals surface area contributed by atoms with Gasteiger partial charge in [0.05, 0.1) is 0 Å². The second-order valence-electron chi connectivity index (χ2n) is 8.49. The molecule has 5 nitrogen and oxygen atoms in total. The Hall–Kier alpha value is -2.14. The average Bonchev–Trinajstić information content (AvgIpc) is 2.66. The molecule has 0 atom stereocenters. The molecule has 0 saturated heterocycles. The largest absolute Gasteiger partial charge is 0.351 e. The maximum Gasteiger partial charge on any atom is 0.250 e. The van der Waals surface area contributed by atoms with Crippen molar-refractivity contribution < 1.29 is 9.59 Å². The predicted molar refractivity (Wildman–Crippen MR) is 128 cm³/mol. The summed E-state index contributed by atoms with van der Waals surface area (Å²) in [5.74, 6) is -0.889. The zero-order chi connectivity index (χ0) is 23.2. The summed E-state index contributed by atoms with van der Waals surface area (Å²) >= 11 is 0. The predicted octanol–water partition coefficient (Wildman–Crippen LogP) is 4.71. The van der Waals surface area contributed by atoms with Gasteiger partial charge < -0.3 is 16.4 Å². The Balaban J connectivity index is 4.62. The Kier molecular flexibility index (Phi) is 13.7. The summed E-state index contributed by atoms with van der Waals surface area (Å²) in [6.45, 7) is 14.9. The lowest BCUT2D eigenvalue weighted by molar-refractivity contribution is -0.137. The van der Waals surface area contributed by atoms with E-state index in [9.17, 15) is 9.59 Å². The standard InChI is InChI=1S/C25H43N3O2/c1-8-25(26,23(29)27-17-15-21(6)13-9-11-19(2)3)24(30)28-18-16-22(7)14-10-12-20(4)5/h11-12,15-16H,8-10,13-14,17-18,26H2,1-7H3,(H,27,29)(H,28,30)/b21-15+,22-16+. The number of carbonyl (C=O) groups excluding carboxylic acids is 2. The van der Waals surface area contributed by atoms with Gasteiger partial charge in [-0.05, 0) is 73.6 Å². The van der Waals surface area contributed by atoms with Gasteiger partial charge in [0.15, 0.2) is 5.54 Å². The van der Waals surface area contributed by atoms with Crippen LogP contribution in [0.4, 0.5) is 0 Å². The average molecular weight is 418 g/mol. The molecule has 0 bridgehead atoms. The number of nitrogens with one attached hydrogen (secondary N) is 2. The maximum absolute atomic E-state index is 12.6. The van der Waals surface area contributed by atoms with Crippen molar-refractivity contribution in [2.75, 3.05) is 13.1 Å². The minimum absolute atomic E-state index is 0.233. The van der Waals surface area contributed by atoms with E-state index in [4.69, 9.17) is 5.73 Å². The van der Waals surface area contributed by atoms with Gasteiger partial charge in [-0.2, -0.15) is 0 Å². The number of allylic oxidation sites excluding steroid dienone is 6. The zero-order valence-corrected chi connectivity index (χ0v) is 20.2. The van der Waals surface area contributed by atoms with E-state index in [0.717, 1.165) is 25.7 Å². The fourth-order valence-electron chi connectivity index (χ4n) is 2.76. The summed E-state index contributed by atoms with van der Waals surface area (Å²) < 4.78 is 0. The molecule has 4 N–H and O–H groups in total. The normalized spacial score (nSPS) is 12.3. The number of nitrogens with two attached hydrogens (primary N) is 1. The summed E-state index contributed by atoms with van der Waals surface area (Å²) in [5.41, 5.74) is 9.60. The first-order chi connectivity index (χ1) is 14.0. The molecule has 0 rings (SSSR count). The van der Waals surface area contributed by atoms with Gasteiger partial charge in [0.2, 0.25) is 11.8 Å². The first kappa shape index (κ1) is 27.9. The SMILES string of the molecule is CCC(N)(C(=O)NC/C=C(\C)CCC=C(C)C)C(=O)NC/C=C(\C)CCC=C(C)C. The van der Waals surface area contributed by atoms with Crippen LogP contribution in [0.15, 0.2) is 46.6 Å². The van der Waals surface area contributed by atoms with Crippen LogP contribution in [0.5, 0.6) is 0 Å². The summed E-state index contributed by atoms with van der Waals surface area (Å²) in [4.78, 5) is 25.1. The molecule has 0 fully saturated rings. The quantitative estimate of drug-likeness (QED) is 0.300. The third-order valence-corrected chi connectivity index (χ3v) is 4.98. The van der Waals surface area contributed by atoms with Gasteiger partial charge in [0, 0.05) is 13.1 Å². The molecule has 0 aliphatic rings. The molecule has 0 heterocycles. The van der Waals surface area contributed by atoms with Crippen LogP contribution in [0.25, 0.3) is 0 Å². The second-order valence-corrected chi connectivity index (χ2v) is 8.49. The first-order valence-corrected chi connectivity index (χ1v) is 11.0. The fraction of sp³-hybridized carbons (Fsp3) is 0.600. The van der Waals surface area contributed by atoms with Crippen LogP contribution in [-0.4, -0.2) is 30.4 Å². The minimum atomic E-state index is -1.56. The van der Waals surface area contributed by atoms with Crippen molar-refractivity contribution in [1.82, 2.24) is 10.6 Å². The van der Waals surface area contributed by atoms with Crippen molar-refractivity contribution in [3.05, 3.63) is 46.6 Å². The lowest BCUT2D eigenvalue weighted by atomic mass is 9.95. The van der Waals surface area contributed by atoms with Gasteiger partial charge in [0.25, 0.3) is 0 Å². The number of amides is 2. The molecular weight excluding hydrogens is 374 g/mol. The third kappa shape index (κ3) is 11.8. The van der Waals surface area contributed by atoms with Crippen LogP contribution in [0.1, 0.15) is 80.6 Å². The smallest absolute Gasteiger partial charge is 0.250 e. The topological polar surface area (TPSA) is 84.2 Å². The molecule has 0 spiro atoms. The van der Waals surface area contributed by atoms with Crippen LogP contribution in [0, 0.1) is 0 Å². The third-order valence-electron chi connectivity index (χ3n) is 4.98. The van der Waals surface area contributed by atoms with Crippen molar-refractivity contribution in [2.45, 2.75) is 86.1 Å². The molecule has 0 saturated carbocycles. The molecule has 170 valence electrons. The van der Waals surface area contributed by atoms with Gasteiger partial charge >= 0.3 is 0 Å². The molecule has 2 amide bonds. The van der Waals surface area contributed by atoms with E-state index in [1.165, 1.54) is 22.3 Å². The van der Waals surface area contributed by atoms with Crippen LogP contribution in [0.3, 0.4) is 0 Å². The first-order valence-electron chi connectivity index (χ1n) is 11.0. The van der Waals surface area contributed by atoms with Crippen molar-refractivity contribution >= 4 is 11.8 Å². The highest BCUT2D eigenvalue weighted by molar-refractivity contribution is 6.09. The molecule has 0 aliphatic heterocycles. The maximum atomic E-state index is 12.6. The second kappa shape index (κ2) is 14.8. The van der Waals surface area contributed by atoms with E-state index in [2.05, 4.69) is 50.5 Å². The molecule has 0 aromatic heterocycles. The molecular formula is C25H43N3O2. The van der Waals surface area contributed by atoms with Crippen molar-refractivity contribution in [3.63, 3.8) is 0 Å².